The highest BCUT2D eigenvalue weighted by Crippen LogP contribution is 2.22. The number of sulfonamides is 1. The first-order valence-corrected chi connectivity index (χ1v) is 7.98. The molecule has 1 amide bonds. The fourth-order valence-electron chi connectivity index (χ4n) is 1.90. The Labute approximate surface area is 122 Å². The smallest absolute Gasteiger partial charge is 0.270 e. The van der Waals surface area contributed by atoms with Crippen molar-refractivity contribution in [2.45, 2.75) is 0 Å². The summed E-state index contributed by atoms with van der Waals surface area (Å²) in [6.07, 6.45) is 0. The molecule has 0 saturated carbocycles. The zero-order valence-electron chi connectivity index (χ0n) is 11.5. The molecule has 0 bridgehead atoms. The average molecular weight is 308 g/mol. The zero-order valence-corrected chi connectivity index (χ0v) is 12.3. The summed E-state index contributed by atoms with van der Waals surface area (Å²) >= 11 is 0. The van der Waals surface area contributed by atoms with Crippen LogP contribution in [0.1, 0.15) is 10.5 Å². The van der Waals surface area contributed by atoms with Crippen molar-refractivity contribution in [3.8, 4) is 0 Å². The van der Waals surface area contributed by atoms with Gasteiger partial charge in [-0.25, -0.2) is 18.5 Å². The van der Waals surface area contributed by atoms with Crippen molar-refractivity contribution >= 4 is 32.5 Å². The van der Waals surface area contributed by atoms with E-state index in [0.29, 0.717) is 5.52 Å². The molecule has 2 rings (SSSR count). The first-order chi connectivity index (χ1) is 9.90. The Bertz CT molecular complexity index is 774. The lowest BCUT2D eigenvalue weighted by Gasteiger charge is -2.09. The van der Waals surface area contributed by atoms with Crippen molar-refractivity contribution in [1.29, 1.82) is 0 Å². The molecule has 0 aliphatic heterocycles. The summed E-state index contributed by atoms with van der Waals surface area (Å²) in [5.41, 5.74) is 1.67. The Morgan fingerprint density at radius 1 is 1.33 bits per heavy atom. The summed E-state index contributed by atoms with van der Waals surface area (Å²) in [6.45, 7) is -0.0545. The van der Waals surface area contributed by atoms with E-state index in [1.165, 1.54) is 0 Å². The van der Waals surface area contributed by atoms with E-state index in [1.54, 1.807) is 19.2 Å². The lowest BCUT2D eigenvalue weighted by molar-refractivity contribution is 0.0951. The number of carbonyl (C=O) groups excluding carboxylic acids is 1. The molecule has 0 spiro atoms. The largest absolute Gasteiger partial charge is 0.388 e. The number of nitrogens with one attached hydrogen (secondary N) is 2. The predicted octanol–water partition coefficient (Wildman–Crippen LogP) is 0.295. The molecule has 0 atom stereocenters. The molecule has 4 N–H and O–H groups in total. The molecule has 0 unspecified atom stereocenters. The Morgan fingerprint density at radius 2 is 2.05 bits per heavy atom. The Hall–Kier alpha value is -2.19. The summed E-state index contributed by atoms with van der Waals surface area (Å²) in [5, 5.41) is 11.3. The van der Waals surface area contributed by atoms with Crippen LogP contribution in [0.4, 0.5) is 5.69 Å². The number of para-hydroxylation sites is 1. The van der Waals surface area contributed by atoms with Crippen LogP contribution in [-0.4, -0.2) is 38.7 Å². The molecule has 1 aromatic heterocycles. The molecule has 7 nitrogen and oxygen atoms in total. The van der Waals surface area contributed by atoms with Crippen LogP contribution in [0, 0.1) is 0 Å². The molecule has 0 fully saturated rings. The molecular weight excluding hydrogens is 292 g/mol. The molecule has 1 heterocycles. The van der Waals surface area contributed by atoms with Gasteiger partial charge in [-0.3, -0.25) is 4.79 Å². The fourth-order valence-corrected chi connectivity index (χ4v) is 2.28. The van der Waals surface area contributed by atoms with E-state index in [9.17, 15) is 13.2 Å². The molecule has 0 aliphatic carbocycles. The number of primary sulfonamides is 1. The third-order valence-electron chi connectivity index (χ3n) is 2.89. The lowest BCUT2D eigenvalue weighted by atomic mass is 10.1. The van der Waals surface area contributed by atoms with Crippen LogP contribution < -0.4 is 15.8 Å². The Balaban J connectivity index is 2.23. The van der Waals surface area contributed by atoms with Crippen molar-refractivity contribution in [1.82, 2.24) is 10.3 Å². The topological polar surface area (TPSA) is 114 Å². The monoisotopic (exact) mass is 308 g/mol. The van der Waals surface area contributed by atoms with Gasteiger partial charge >= 0.3 is 0 Å². The molecule has 0 aliphatic rings. The van der Waals surface area contributed by atoms with Crippen molar-refractivity contribution in [2.24, 2.45) is 5.14 Å². The number of hydrogen-bond acceptors (Lipinski definition) is 5. The van der Waals surface area contributed by atoms with Crippen LogP contribution in [0.15, 0.2) is 30.3 Å². The van der Waals surface area contributed by atoms with Gasteiger partial charge in [0.15, 0.2) is 0 Å². The van der Waals surface area contributed by atoms with Gasteiger partial charge in [-0.15, -0.1) is 0 Å². The predicted molar refractivity (Wildman–Crippen MR) is 81.6 cm³/mol. The number of carbonyl (C=O) groups is 1. The fraction of sp³-hybridized carbons (Fsp3) is 0.231. The third-order valence-corrected chi connectivity index (χ3v) is 3.66. The normalized spacial score (nSPS) is 11.3. The zero-order chi connectivity index (χ0) is 15.5. The van der Waals surface area contributed by atoms with Gasteiger partial charge in [0.05, 0.1) is 11.3 Å². The van der Waals surface area contributed by atoms with Crippen molar-refractivity contribution in [3.05, 3.63) is 36.0 Å². The van der Waals surface area contributed by atoms with Gasteiger partial charge in [0.1, 0.15) is 5.69 Å². The van der Waals surface area contributed by atoms with Gasteiger partial charge < -0.3 is 10.6 Å². The minimum atomic E-state index is -3.60. The van der Waals surface area contributed by atoms with Crippen LogP contribution in [0.5, 0.6) is 0 Å². The summed E-state index contributed by atoms with van der Waals surface area (Å²) in [7, 11) is -1.84. The molecule has 21 heavy (non-hydrogen) atoms. The van der Waals surface area contributed by atoms with E-state index in [0.717, 1.165) is 11.1 Å². The second-order valence-corrected chi connectivity index (χ2v) is 6.18. The number of anilines is 1. The maximum Gasteiger partial charge on any atom is 0.270 e. The average Bonchev–Trinajstić information content (AvgIpc) is 2.44. The summed E-state index contributed by atoms with van der Waals surface area (Å²) in [4.78, 5) is 16.3. The number of nitrogens with zero attached hydrogens (tertiary/aromatic N) is 1. The van der Waals surface area contributed by atoms with E-state index < -0.39 is 15.9 Å². The molecule has 8 heteroatoms. The maximum atomic E-state index is 12.0. The Morgan fingerprint density at radius 3 is 2.71 bits per heavy atom. The van der Waals surface area contributed by atoms with E-state index in [-0.39, 0.29) is 18.0 Å². The second kappa shape index (κ2) is 6.06. The van der Waals surface area contributed by atoms with Gasteiger partial charge in [0, 0.05) is 24.7 Å². The highest BCUT2D eigenvalue weighted by atomic mass is 32.2. The number of fused-ring (bicyclic) bond motifs is 1. The molecular formula is C13H16N4O3S. The van der Waals surface area contributed by atoms with E-state index >= 15 is 0 Å². The number of nitrogens with two attached hydrogens (primary N) is 1. The van der Waals surface area contributed by atoms with Crippen molar-refractivity contribution in [3.63, 3.8) is 0 Å². The van der Waals surface area contributed by atoms with E-state index in [1.807, 2.05) is 18.2 Å². The summed E-state index contributed by atoms with van der Waals surface area (Å²) in [6, 6.07) is 9.04. The van der Waals surface area contributed by atoms with Crippen molar-refractivity contribution < 1.29 is 13.2 Å². The van der Waals surface area contributed by atoms with E-state index in [2.05, 4.69) is 15.6 Å². The molecule has 2 aromatic rings. The number of hydrogen-bond donors (Lipinski definition) is 3. The van der Waals surface area contributed by atoms with Gasteiger partial charge in [-0.1, -0.05) is 18.2 Å². The number of pyridine rings is 1. The van der Waals surface area contributed by atoms with Crippen LogP contribution in [-0.2, 0) is 10.0 Å². The Kier molecular flexibility index (Phi) is 4.39. The molecule has 0 radical (unpaired) electrons. The SMILES string of the molecule is CNc1cc(C(=O)NCCS(N)(=O)=O)nc2ccccc12. The van der Waals surface area contributed by atoms with Gasteiger partial charge in [0.25, 0.3) is 5.91 Å². The standard InChI is InChI=1S/C13H16N4O3S/c1-15-11-8-12(13(18)16-6-7-21(14,19)20)17-10-5-3-2-4-9(10)11/h2-5,8H,6-7H2,1H3,(H,15,17)(H,16,18)(H2,14,19,20). The van der Waals surface area contributed by atoms with Crippen LogP contribution >= 0.6 is 0 Å². The first kappa shape index (κ1) is 15.2. The maximum absolute atomic E-state index is 12.0. The van der Waals surface area contributed by atoms with Gasteiger partial charge in [0.2, 0.25) is 10.0 Å². The minimum absolute atomic E-state index is 0.0545. The number of benzene rings is 1. The molecule has 1 aromatic carbocycles. The number of rotatable bonds is 5. The minimum Gasteiger partial charge on any atom is -0.388 e. The lowest BCUT2D eigenvalue weighted by Crippen LogP contribution is -2.32. The van der Waals surface area contributed by atoms with Crippen molar-refractivity contribution in [2.75, 3.05) is 24.7 Å². The van der Waals surface area contributed by atoms with Crippen LogP contribution in [0.25, 0.3) is 10.9 Å². The molecule has 112 valence electrons. The summed E-state index contributed by atoms with van der Waals surface area (Å²) in [5.74, 6) is -0.758. The van der Waals surface area contributed by atoms with E-state index in [4.69, 9.17) is 5.14 Å². The van der Waals surface area contributed by atoms with Gasteiger partial charge in [-0.05, 0) is 12.1 Å². The molecule has 0 saturated heterocycles. The van der Waals surface area contributed by atoms with Gasteiger partial charge in [-0.2, -0.15) is 0 Å². The number of amides is 1. The quantitative estimate of drug-likeness (QED) is 0.735. The first-order valence-electron chi connectivity index (χ1n) is 6.27. The van der Waals surface area contributed by atoms with Crippen LogP contribution in [0.2, 0.25) is 0 Å². The second-order valence-electron chi connectivity index (χ2n) is 4.45. The number of aromatic nitrogens is 1. The third kappa shape index (κ3) is 3.89. The highest BCUT2D eigenvalue weighted by molar-refractivity contribution is 7.89. The summed E-state index contributed by atoms with van der Waals surface area (Å²) < 4.78 is 21.7. The highest BCUT2D eigenvalue weighted by Gasteiger charge is 2.12. The van der Waals surface area contributed by atoms with Crippen LogP contribution in [0.3, 0.4) is 0 Å².